The van der Waals surface area contributed by atoms with Gasteiger partial charge < -0.3 is 10.6 Å². The molecule has 0 heterocycles. The zero-order chi connectivity index (χ0) is 15.1. The zero-order valence-corrected chi connectivity index (χ0v) is 11.9. The summed E-state index contributed by atoms with van der Waals surface area (Å²) >= 11 is 0. The Kier molecular flexibility index (Phi) is 5.56. The van der Waals surface area contributed by atoms with E-state index in [1.54, 1.807) is 18.2 Å². The Morgan fingerprint density at radius 1 is 1.20 bits per heavy atom. The monoisotopic (exact) mass is 270 g/mol. The third-order valence-corrected chi connectivity index (χ3v) is 3.10. The number of amides is 1. The summed E-state index contributed by atoms with van der Waals surface area (Å²) in [5.41, 5.74) is 1.28. The van der Waals surface area contributed by atoms with Crippen molar-refractivity contribution < 1.29 is 4.79 Å². The van der Waals surface area contributed by atoms with Crippen molar-refractivity contribution in [2.24, 2.45) is 5.92 Å². The third kappa shape index (κ3) is 4.29. The second-order valence-electron chi connectivity index (χ2n) is 4.94. The van der Waals surface area contributed by atoms with Crippen molar-refractivity contribution >= 4 is 11.6 Å². The van der Waals surface area contributed by atoms with Gasteiger partial charge in [0.2, 0.25) is 5.91 Å². The highest BCUT2D eigenvalue weighted by atomic mass is 16.1. The van der Waals surface area contributed by atoms with E-state index in [4.69, 9.17) is 10.5 Å². The average Bonchev–Trinajstić information content (AvgIpc) is 2.44. The Bertz CT molecular complexity index is 566. The maximum Gasteiger partial charge on any atom is 0.239 e. The fourth-order valence-corrected chi connectivity index (χ4v) is 1.50. The van der Waals surface area contributed by atoms with Crippen molar-refractivity contribution in [2.45, 2.75) is 26.8 Å². The summed E-state index contributed by atoms with van der Waals surface area (Å²) in [6.07, 6.45) is 0. The molecule has 1 amide bonds. The van der Waals surface area contributed by atoms with Crippen LogP contribution in [0.15, 0.2) is 18.2 Å². The van der Waals surface area contributed by atoms with E-state index in [0.717, 1.165) is 0 Å². The number of benzene rings is 1. The van der Waals surface area contributed by atoms with E-state index in [2.05, 4.69) is 10.6 Å². The highest BCUT2D eigenvalue weighted by Gasteiger charge is 2.10. The second-order valence-corrected chi connectivity index (χ2v) is 4.94. The Labute approximate surface area is 119 Å². The first-order valence-electron chi connectivity index (χ1n) is 6.45. The maximum atomic E-state index is 11.7. The molecule has 0 aromatic heterocycles. The van der Waals surface area contributed by atoms with E-state index in [-0.39, 0.29) is 18.5 Å². The predicted octanol–water partition coefficient (Wildman–Crippen LogP) is 2.00. The van der Waals surface area contributed by atoms with Crippen LogP contribution in [-0.4, -0.2) is 18.5 Å². The van der Waals surface area contributed by atoms with Crippen molar-refractivity contribution in [3.05, 3.63) is 29.3 Å². The largest absolute Gasteiger partial charge is 0.376 e. The number of hydrogen-bond donors (Lipinski definition) is 2. The lowest BCUT2D eigenvalue weighted by atomic mass is 10.1. The number of anilines is 1. The molecular weight excluding hydrogens is 252 g/mol. The Balaban J connectivity index is 2.61. The number of hydrogen-bond acceptors (Lipinski definition) is 4. The van der Waals surface area contributed by atoms with Gasteiger partial charge in [-0.3, -0.25) is 4.79 Å². The van der Waals surface area contributed by atoms with Crippen molar-refractivity contribution in [1.29, 1.82) is 10.5 Å². The lowest BCUT2D eigenvalue weighted by molar-refractivity contribution is -0.120. The van der Waals surface area contributed by atoms with Gasteiger partial charge in [-0.1, -0.05) is 13.8 Å². The summed E-state index contributed by atoms with van der Waals surface area (Å²) in [5.74, 6) is 0.271. The lowest BCUT2D eigenvalue weighted by Crippen LogP contribution is -2.39. The molecule has 1 aromatic rings. The van der Waals surface area contributed by atoms with E-state index < -0.39 is 0 Å². The number of rotatable bonds is 5. The van der Waals surface area contributed by atoms with Crippen LogP contribution >= 0.6 is 0 Å². The van der Waals surface area contributed by atoms with Gasteiger partial charge in [0, 0.05) is 11.7 Å². The van der Waals surface area contributed by atoms with E-state index in [9.17, 15) is 4.79 Å². The summed E-state index contributed by atoms with van der Waals surface area (Å²) in [5, 5.41) is 23.6. The Morgan fingerprint density at radius 3 is 2.40 bits per heavy atom. The number of nitrogens with zero attached hydrogens (tertiary/aromatic N) is 2. The van der Waals surface area contributed by atoms with Gasteiger partial charge in [-0.05, 0) is 31.0 Å². The predicted molar refractivity (Wildman–Crippen MR) is 76.8 cm³/mol. The third-order valence-electron chi connectivity index (χ3n) is 3.10. The van der Waals surface area contributed by atoms with Crippen LogP contribution in [0.25, 0.3) is 0 Å². The number of nitrogens with one attached hydrogen (secondary N) is 2. The molecule has 1 atom stereocenters. The highest BCUT2D eigenvalue weighted by Crippen LogP contribution is 2.14. The molecule has 0 aliphatic heterocycles. The van der Waals surface area contributed by atoms with Gasteiger partial charge in [-0.25, -0.2) is 0 Å². The number of nitriles is 2. The molecule has 0 saturated carbocycles. The molecule has 0 aliphatic carbocycles. The lowest BCUT2D eigenvalue weighted by Gasteiger charge is -2.17. The topological polar surface area (TPSA) is 88.7 Å². The van der Waals surface area contributed by atoms with E-state index >= 15 is 0 Å². The number of carbonyl (C=O) groups excluding carboxylic acids is 1. The summed E-state index contributed by atoms with van der Waals surface area (Å²) in [4.78, 5) is 11.7. The van der Waals surface area contributed by atoms with E-state index in [0.29, 0.717) is 22.7 Å². The van der Waals surface area contributed by atoms with Gasteiger partial charge in [0.25, 0.3) is 0 Å². The molecular formula is C15H18N4O. The fourth-order valence-electron chi connectivity index (χ4n) is 1.50. The molecule has 20 heavy (non-hydrogen) atoms. The SMILES string of the molecule is CC(C)C(C)NC(=O)CNc1ccc(C#N)c(C#N)c1. The van der Waals surface area contributed by atoms with E-state index in [1.165, 1.54) is 0 Å². The van der Waals surface area contributed by atoms with Crippen LogP contribution in [0.1, 0.15) is 31.9 Å². The summed E-state index contributed by atoms with van der Waals surface area (Å²) < 4.78 is 0. The summed E-state index contributed by atoms with van der Waals surface area (Å²) in [6, 6.07) is 8.83. The first-order chi connectivity index (χ1) is 9.47. The van der Waals surface area contributed by atoms with Gasteiger partial charge in [-0.15, -0.1) is 0 Å². The van der Waals surface area contributed by atoms with Gasteiger partial charge in [0.05, 0.1) is 17.7 Å². The van der Waals surface area contributed by atoms with Crippen LogP contribution in [-0.2, 0) is 4.79 Å². The second kappa shape index (κ2) is 7.16. The smallest absolute Gasteiger partial charge is 0.239 e. The summed E-state index contributed by atoms with van der Waals surface area (Å²) in [6.45, 7) is 6.17. The van der Waals surface area contributed by atoms with Gasteiger partial charge in [0.1, 0.15) is 12.1 Å². The number of carbonyl (C=O) groups is 1. The minimum atomic E-state index is -0.103. The molecule has 0 aliphatic rings. The maximum absolute atomic E-state index is 11.7. The standard InChI is InChI=1S/C15H18N4O/c1-10(2)11(3)19-15(20)9-18-14-5-4-12(7-16)13(6-14)8-17/h4-6,10-11,18H,9H2,1-3H3,(H,19,20). The Morgan fingerprint density at radius 2 is 1.85 bits per heavy atom. The van der Waals surface area contributed by atoms with Crippen LogP contribution in [0, 0.1) is 28.6 Å². The van der Waals surface area contributed by atoms with E-state index in [1.807, 2.05) is 32.9 Å². The normalized spacial score (nSPS) is 11.3. The van der Waals surface area contributed by atoms with Gasteiger partial charge in [0.15, 0.2) is 0 Å². The van der Waals surface area contributed by atoms with Crippen LogP contribution in [0.5, 0.6) is 0 Å². The van der Waals surface area contributed by atoms with Crippen LogP contribution < -0.4 is 10.6 Å². The Hall–Kier alpha value is -2.53. The summed E-state index contributed by atoms with van der Waals surface area (Å²) in [7, 11) is 0. The van der Waals surface area contributed by atoms with Crippen LogP contribution in [0.4, 0.5) is 5.69 Å². The molecule has 0 radical (unpaired) electrons. The minimum absolute atomic E-state index is 0.103. The van der Waals surface area contributed by atoms with Gasteiger partial charge in [-0.2, -0.15) is 10.5 Å². The zero-order valence-electron chi connectivity index (χ0n) is 11.9. The molecule has 1 unspecified atom stereocenters. The molecule has 0 spiro atoms. The average molecular weight is 270 g/mol. The van der Waals surface area contributed by atoms with Crippen LogP contribution in [0.3, 0.4) is 0 Å². The molecule has 5 heteroatoms. The van der Waals surface area contributed by atoms with Crippen molar-refractivity contribution in [2.75, 3.05) is 11.9 Å². The molecule has 0 bridgehead atoms. The van der Waals surface area contributed by atoms with Crippen molar-refractivity contribution in [3.8, 4) is 12.1 Å². The molecule has 2 N–H and O–H groups in total. The quantitative estimate of drug-likeness (QED) is 0.856. The van der Waals surface area contributed by atoms with Gasteiger partial charge >= 0.3 is 0 Å². The molecule has 1 rings (SSSR count). The first-order valence-corrected chi connectivity index (χ1v) is 6.45. The molecule has 0 saturated heterocycles. The molecule has 5 nitrogen and oxygen atoms in total. The van der Waals surface area contributed by atoms with Crippen molar-refractivity contribution in [3.63, 3.8) is 0 Å². The molecule has 0 fully saturated rings. The highest BCUT2D eigenvalue weighted by molar-refractivity contribution is 5.81. The fraction of sp³-hybridized carbons (Fsp3) is 0.400. The minimum Gasteiger partial charge on any atom is -0.376 e. The molecule has 104 valence electrons. The van der Waals surface area contributed by atoms with Crippen LogP contribution in [0.2, 0.25) is 0 Å². The first kappa shape index (κ1) is 15.5. The molecule has 1 aromatic carbocycles. The van der Waals surface area contributed by atoms with Crippen molar-refractivity contribution in [1.82, 2.24) is 5.32 Å².